The van der Waals surface area contributed by atoms with Crippen molar-refractivity contribution in [3.8, 4) is 0 Å². The van der Waals surface area contributed by atoms with Crippen LogP contribution in [0.2, 0.25) is 0 Å². The molecule has 0 heterocycles. The summed E-state index contributed by atoms with van der Waals surface area (Å²) >= 11 is 0. The first kappa shape index (κ1) is 18.7. The molecule has 0 fully saturated rings. The van der Waals surface area contributed by atoms with E-state index in [2.05, 4.69) is 0 Å². The van der Waals surface area contributed by atoms with Gasteiger partial charge in [0.25, 0.3) is 0 Å². The fraction of sp³-hybridized carbons (Fsp3) is 0.889. The molecular weight excluding hydrogens is 225 g/mol. The Morgan fingerprint density at radius 1 is 0.938 bits per heavy atom. The van der Waals surface area contributed by atoms with Crippen LogP contribution in [0.25, 0.3) is 0 Å². The molecule has 0 saturated carbocycles. The number of aliphatic carboxylic acids is 1. The molecule has 0 aliphatic rings. The van der Waals surface area contributed by atoms with E-state index in [1.165, 1.54) is 0 Å². The minimum absolute atomic E-state index is 0. The van der Waals surface area contributed by atoms with Crippen LogP contribution >= 0.6 is 0 Å². The first-order valence-electron chi connectivity index (χ1n) is 4.90. The molecule has 0 spiro atoms. The maximum Gasteiger partial charge on any atom is 1.00 e. The summed E-state index contributed by atoms with van der Waals surface area (Å²) in [5.41, 5.74) is 5.21. The number of ether oxygens (including phenoxy) is 3. The Hall–Kier alpha value is 0.310. The zero-order valence-corrected chi connectivity index (χ0v) is 11.8. The first-order valence-corrected chi connectivity index (χ1v) is 4.90. The molecule has 0 atom stereocenters. The zero-order valence-electron chi connectivity index (χ0n) is 9.78. The summed E-state index contributed by atoms with van der Waals surface area (Å²) in [5.74, 6) is -1.11. The van der Waals surface area contributed by atoms with E-state index in [1.54, 1.807) is 0 Å². The van der Waals surface area contributed by atoms with E-state index < -0.39 is 5.97 Å². The normalized spacial score (nSPS) is 9.81. The summed E-state index contributed by atoms with van der Waals surface area (Å²) in [6.45, 7) is 3.01. The van der Waals surface area contributed by atoms with Gasteiger partial charge in [0.05, 0.1) is 39.6 Å². The van der Waals surface area contributed by atoms with E-state index in [-0.39, 0.29) is 42.6 Å². The van der Waals surface area contributed by atoms with Crippen molar-refractivity contribution in [3.63, 3.8) is 0 Å². The Labute approximate surface area is 118 Å². The molecule has 0 rings (SSSR count). The van der Waals surface area contributed by atoms with E-state index in [0.717, 1.165) is 0 Å². The van der Waals surface area contributed by atoms with Gasteiger partial charge in [-0.25, -0.2) is 0 Å². The van der Waals surface area contributed by atoms with Gasteiger partial charge in [0.2, 0.25) is 0 Å². The van der Waals surface area contributed by atoms with Gasteiger partial charge in [0.1, 0.15) is 0 Å². The van der Waals surface area contributed by atoms with E-state index in [4.69, 9.17) is 19.9 Å². The van der Waals surface area contributed by atoms with Crippen molar-refractivity contribution >= 4 is 5.97 Å². The monoisotopic (exact) mass is 243 g/mol. The molecule has 0 saturated heterocycles. The quantitative estimate of drug-likeness (QED) is 0.289. The molecule has 2 N–H and O–H groups in total. The predicted octanol–water partition coefficient (Wildman–Crippen LogP) is -4.86. The number of carboxylic acid groups (broad SMARTS) is 1. The van der Waals surface area contributed by atoms with Crippen LogP contribution in [0.5, 0.6) is 0 Å². The van der Waals surface area contributed by atoms with Gasteiger partial charge in [-0.1, -0.05) is 0 Å². The third-order valence-corrected chi connectivity index (χ3v) is 1.46. The van der Waals surface area contributed by atoms with Crippen molar-refractivity contribution in [1.29, 1.82) is 0 Å². The molecule has 0 aromatic heterocycles. The SMILES string of the molecule is NCCOCCOCCOCCC(=O)[O-].[Na+]. The van der Waals surface area contributed by atoms with Crippen molar-refractivity contribution in [2.45, 2.75) is 6.42 Å². The average molecular weight is 243 g/mol. The Balaban J connectivity index is 0. The van der Waals surface area contributed by atoms with Crippen LogP contribution in [0, 0.1) is 0 Å². The molecule has 0 unspecified atom stereocenters. The van der Waals surface area contributed by atoms with Crippen LogP contribution in [0.15, 0.2) is 0 Å². The molecule has 90 valence electrons. The summed E-state index contributed by atoms with van der Waals surface area (Å²) in [6.07, 6.45) is -0.0837. The van der Waals surface area contributed by atoms with Gasteiger partial charge in [-0.15, -0.1) is 0 Å². The van der Waals surface area contributed by atoms with Crippen molar-refractivity contribution in [2.24, 2.45) is 5.73 Å². The molecular formula is C9H18NNaO5. The summed E-state index contributed by atoms with van der Waals surface area (Å²) in [6, 6.07) is 0. The van der Waals surface area contributed by atoms with E-state index in [9.17, 15) is 9.90 Å². The van der Waals surface area contributed by atoms with Gasteiger partial charge < -0.3 is 29.8 Å². The molecule has 0 aliphatic carbocycles. The van der Waals surface area contributed by atoms with Crippen LogP contribution in [-0.2, 0) is 19.0 Å². The van der Waals surface area contributed by atoms with Crippen molar-refractivity contribution in [2.75, 3.05) is 46.2 Å². The largest absolute Gasteiger partial charge is 1.00 e. The first-order chi connectivity index (χ1) is 7.27. The number of nitrogens with two attached hydrogens (primary N) is 1. The van der Waals surface area contributed by atoms with Gasteiger partial charge in [-0.05, 0) is 0 Å². The van der Waals surface area contributed by atoms with E-state index in [0.29, 0.717) is 39.6 Å². The molecule has 0 aromatic carbocycles. The van der Waals surface area contributed by atoms with Gasteiger partial charge >= 0.3 is 29.6 Å². The molecule has 0 aromatic rings. The van der Waals surface area contributed by atoms with Gasteiger partial charge in [-0.3, -0.25) is 0 Å². The summed E-state index contributed by atoms with van der Waals surface area (Å²) < 4.78 is 15.2. The Bertz CT molecular complexity index is 159. The molecule has 0 aliphatic heterocycles. The number of hydrogen-bond donors (Lipinski definition) is 1. The van der Waals surface area contributed by atoms with Crippen molar-refractivity contribution < 1.29 is 53.7 Å². The minimum atomic E-state index is -1.11. The molecule has 0 bridgehead atoms. The predicted molar refractivity (Wildman–Crippen MR) is 51.1 cm³/mol. The Kier molecular flexibility index (Phi) is 17.9. The number of rotatable bonds is 11. The van der Waals surface area contributed by atoms with Gasteiger partial charge in [0.15, 0.2) is 0 Å². The minimum Gasteiger partial charge on any atom is -0.550 e. The molecule has 0 radical (unpaired) electrons. The molecule has 16 heavy (non-hydrogen) atoms. The molecule has 7 heteroatoms. The molecule has 0 amide bonds. The topological polar surface area (TPSA) is 93.8 Å². The van der Waals surface area contributed by atoms with Crippen LogP contribution < -0.4 is 40.4 Å². The number of carbonyl (C=O) groups is 1. The van der Waals surface area contributed by atoms with Crippen LogP contribution in [0.1, 0.15) is 6.42 Å². The Morgan fingerprint density at radius 2 is 1.38 bits per heavy atom. The van der Waals surface area contributed by atoms with Crippen LogP contribution in [0.4, 0.5) is 0 Å². The van der Waals surface area contributed by atoms with Crippen LogP contribution in [0.3, 0.4) is 0 Å². The number of hydrogen-bond acceptors (Lipinski definition) is 6. The van der Waals surface area contributed by atoms with E-state index in [1.807, 2.05) is 0 Å². The summed E-state index contributed by atoms with van der Waals surface area (Å²) in [4.78, 5) is 9.99. The summed E-state index contributed by atoms with van der Waals surface area (Å²) in [7, 11) is 0. The maximum absolute atomic E-state index is 9.99. The second-order valence-corrected chi connectivity index (χ2v) is 2.75. The zero-order chi connectivity index (χ0) is 11.4. The van der Waals surface area contributed by atoms with Gasteiger partial charge in [0, 0.05) is 18.9 Å². The van der Waals surface area contributed by atoms with E-state index >= 15 is 0 Å². The maximum atomic E-state index is 9.99. The number of carbonyl (C=O) groups excluding carboxylic acids is 1. The second-order valence-electron chi connectivity index (χ2n) is 2.75. The standard InChI is InChI=1S/C9H19NO5.Na/c10-2-4-14-6-8-15-7-5-13-3-1-9(11)12;/h1-8,10H2,(H,11,12);/q;+1/p-1. The van der Waals surface area contributed by atoms with Crippen molar-refractivity contribution in [3.05, 3.63) is 0 Å². The smallest absolute Gasteiger partial charge is 0.550 e. The Morgan fingerprint density at radius 3 is 1.81 bits per heavy atom. The second kappa shape index (κ2) is 15.3. The van der Waals surface area contributed by atoms with Gasteiger partial charge in [-0.2, -0.15) is 0 Å². The van der Waals surface area contributed by atoms with Crippen molar-refractivity contribution in [1.82, 2.24) is 0 Å². The van der Waals surface area contributed by atoms with Crippen LogP contribution in [-0.4, -0.2) is 52.2 Å². The molecule has 6 nitrogen and oxygen atoms in total. The number of carboxylic acids is 1. The fourth-order valence-corrected chi connectivity index (χ4v) is 0.781. The third-order valence-electron chi connectivity index (χ3n) is 1.46. The third kappa shape index (κ3) is 16.7. The fourth-order valence-electron chi connectivity index (χ4n) is 0.781. The summed E-state index contributed by atoms with van der Waals surface area (Å²) in [5, 5.41) is 9.99. The average Bonchev–Trinajstić information content (AvgIpc) is 2.20.